The third-order valence-electron chi connectivity index (χ3n) is 3.27. The van der Waals surface area contributed by atoms with E-state index in [9.17, 15) is 0 Å². The van der Waals surface area contributed by atoms with E-state index in [-0.39, 0.29) is 6.04 Å². The van der Waals surface area contributed by atoms with Crippen molar-refractivity contribution in [2.75, 3.05) is 0 Å². The van der Waals surface area contributed by atoms with Crippen LogP contribution in [0.15, 0.2) is 35.7 Å². The lowest BCUT2D eigenvalue weighted by atomic mass is 10.3. The number of nitrogens with zero attached hydrogens (tertiary/aromatic N) is 6. The van der Waals surface area contributed by atoms with Crippen LogP contribution in [0.2, 0.25) is 5.02 Å². The van der Waals surface area contributed by atoms with Gasteiger partial charge in [-0.05, 0) is 25.1 Å². The number of halogens is 1. The van der Waals surface area contributed by atoms with Crippen molar-refractivity contribution in [1.29, 1.82) is 0 Å². The van der Waals surface area contributed by atoms with Crippen molar-refractivity contribution in [1.82, 2.24) is 29.5 Å². The van der Waals surface area contributed by atoms with Gasteiger partial charge in [0.25, 0.3) is 0 Å². The molecule has 0 saturated heterocycles. The number of hydrogen-bond acceptors (Lipinski definition) is 6. The van der Waals surface area contributed by atoms with Crippen LogP contribution < -0.4 is 5.73 Å². The molecular formula is C14H16ClN7S. The standard InChI is InChI=1S/C14H16ClN7S/c1-9(16)13-19-20-14(23-7-12-18-17-8-21(12)2)22(13)11-5-3-4-10(15)6-11/h3-6,8-9H,7,16H2,1-2H3/t9-/m0/s1. The van der Waals surface area contributed by atoms with E-state index in [1.165, 1.54) is 11.8 Å². The lowest BCUT2D eigenvalue weighted by molar-refractivity contribution is 0.704. The molecule has 1 atom stereocenters. The third kappa shape index (κ3) is 3.39. The van der Waals surface area contributed by atoms with Crippen molar-refractivity contribution < 1.29 is 0 Å². The molecule has 0 amide bonds. The average molecular weight is 350 g/mol. The first kappa shape index (κ1) is 16.0. The van der Waals surface area contributed by atoms with E-state index in [1.807, 2.05) is 47.4 Å². The van der Waals surface area contributed by atoms with Crippen LogP contribution in [0.5, 0.6) is 0 Å². The summed E-state index contributed by atoms with van der Waals surface area (Å²) >= 11 is 7.64. The zero-order valence-electron chi connectivity index (χ0n) is 12.7. The molecular weight excluding hydrogens is 334 g/mol. The van der Waals surface area contributed by atoms with Crippen LogP contribution in [-0.2, 0) is 12.8 Å². The second-order valence-electron chi connectivity index (χ2n) is 5.09. The summed E-state index contributed by atoms with van der Waals surface area (Å²) in [6.45, 7) is 1.88. The van der Waals surface area contributed by atoms with Gasteiger partial charge in [0.15, 0.2) is 11.0 Å². The summed E-state index contributed by atoms with van der Waals surface area (Å²) in [4.78, 5) is 0. The Morgan fingerprint density at radius 3 is 2.78 bits per heavy atom. The van der Waals surface area contributed by atoms with Gasteiger partial charge in [0.1, 0.15) is 12.2 Å². The first-order chi connectivity index (χ1) is 11.1. The van der Waals surface area contributed by atoms with E-state index in [1.54, 1.807) is 6.33 Å². The van der Waals surface area contributed by atoms with Gasteiger partial charge in [-0.25, -0.2) is 0 Å². The van der Waals surface area contributed by atoms with Crippen LogP contribution in [0.1, 0.15) is 24.6 Å². The van der Waals surface area contributed by atoms with Gasteiger partial charge < -0.3 is 10.3 Å². The van der Waals surface area contributed by atoms with Gasteiger partial charge in [0, 0.05) is 12.1 Å². The van der Waals surface area contributed by atoms with E-state index in [2.05, 4.69) is 20.4 Å². The van der Waals surface area contributed by atoms with E-state index in [0.717, 1.165) is 16.7 Å². The molecule has 0 bridgehead atoms. The summed E-state index contributed by atoms with van der Waals surface area (Å²) in [7, 11) is 1.91. The molecule has 0 saturated carbocycles. The Labute approximate surface area is 142 Å². The average Bonchev–Trinajstić information content (AvgIpc) is 3.11. The molecule has 0 spiro atoms. The minimum absolute atomic E-state index is 0.245. The Hall–Kier alpha value is -1.90. The first-order valence-corrected chi connectivity index (χ1v) is 8.35. The van der Waals surface area contributed by atoms with Crippen LogP contribution >= 0.6 is 23.4 Å². The third-order valence-corrected chi connectivity index (χ3v) is 4.43. The van der Waals surface area contributed by atoms with E-state index in [4.69, 9.17) is 17.3 Å². The fourth-order valence-electron chi connectivity index (χ4n) is 2.09. The molecule has 0 unspecified atom stereocenters. The van der Waals surface area contributed by atoms with Crippen LogP contribution in [0.3, 0.4) is 0 Å². The number of aromatic nitrogens is 6. The molecule has 120 valence electrons. The molecule has 2 aromatic heterocycles. The van der Waals surface area contributed by atoms with Crippen LogP contribution in [0, 0.1) is 0 Å². The monoisotopic (exact) mass is 349 g/mol. The van der Waals surface area contributed by atoms with Crippen molar-refractivity contribution in [2.45, 2.75) is 23.9 Å². The van der Waals surface area contributed by atoms with E-state index >= 15 is 0 Å². The molecule has 9 heteroatoms. The van der Waals surface area contributed by atoms with Gasteiger partial charge in [-0.2, -0.15) is 0 Å². The molecule has 23 heavy (non-hydrogen) atoms. The Bertz CT molecular complexity index is 811. The Balaban J connectivity index is 1.96. The van der Waals surface area contributed by atoms with Gasteiger partial charge in [0.05, 0.1) is 17.5 Å². The second-order valence-corrected chi connectivity index (χ2v) is 6.47. The number of nitrogens with two attached hydrogens (primary N) is 1. The summed E-state index contributed by atoms with van der Waals surface area (Å²) in [6, 6.07) is 7.29. The summed E-state index contributed by atoms with van der Waals surface area (Å²) in [5.74, 6) is 2.18. The SMILES string of the molecule is C[C@H](N)c1nnc(SCc2nncn2C)n1-c1cccc(Cl)c1. The minimum atomic E-state index is -0.245. The topological polar surface area (TPSA) is 87.4 Å². The summed E-state index contributed by atoms with van der Waals surface area (Å²) in [5, 5.41) is 17.8. The lowest BCUT2D eigenvalue weighted by Crippen LogP contribution is -2.13. The normalized spacial score (nSPS) is 12.5. The highest BCUT2D eigenvalue weighted by Gasteiger charge is 2.18. The minimum Gasteiger partial charge on any atom is -0.322 e. The van der Waals surface area contributed by atoms with Crippen LogP contribution in [0.4, 0.5) is 0 Å². The highest BCUT2D eigenvalue weighted by atomic mass is 35.5. The van der Waals surface area contributed by atoms with Crippen molar-refractivity contribution in [2.24, 2.45) is 12.8 Å². The molecule has 0 fully saturated rings. The smallest absolute Gasteiger partial charge is 0.196 e. The zero-order valence-corrected chi connectivity index (χ0v) is 14.3. The summed E-state index contributed by atoms with van der Waals surface area (Å²) in [5.41, 5.74) is 6.91. The predicted octanol–water partition coefficient (Wildman–Crippen LogP) is 2.36. The number of thioether (sulfide) groups is 1. The van der Waals surface area contributed by atoms with Gasteiger partial charge in [-0.1, -0.05) is 29.4 Å². The molecule has 0 aliphatic heterocycles. The number of hydrogen-bond donors (Lipinski definition) is 1. The lowest BCUT2D eigenvalue weighted by Gasteiger charge is -2.12. The quantitative estimate of drug-likeness (QED) is 0.711. The van der Waals surface area contributed by atoms with Crippen molar-refractivity contribution >= 4 is 23.4 Å². The molecule has 0 aliphatic carbocycles. The van der Waals surface area contributed by atoms with Gasteiger partial charge in [-0.3, -0.25) is 4.57 Å². The van der Waals surface area contributed by atoms with Crippen LogP contribution in [-0.4, -0.2) is 29.5 Å². The molecule has 0 radical (unpaired) electrons. The van der Waals surface area contributed by atoms with Gasteiger partial charge in [0.2, 0.25) is 0 Å². The van der Waals surface area contributed by atoms with Crippen LogP contribution in [0.25, 0.3) is 5.69 Å². The highest BCUT2D eigenvalue weighted by molar-refractivity contribution is 7.98. The summed E-state index contributed by atoms with van der Waals surface area (Å²) in [6.07, 6.45) is 1.67. The van der Waals surface area contributed by atoms with Gasteiger partial charge >= 0.3 is 0 Å². The maximum absolute atomic E-state index is 6.11. The molecule has 0 aliphatic rings. The van der Waals surface area contributed by atoms with Crippen molar-refractivity contribution in [3.8, 4) is 5.69 Å². The fourth-order valence-corrected chi connectivity index (χ4v) is 3.23. The molecule has 3 rings (SSSR count). The Morgan fingerprint density at radius 1 is 1.30 bits per heavy atom. The maximum Gasteiger partial charge on any atom is 0.196 e. The number of rotatable bonds is 5. The number of benzene rings is 1. The molecule has 1 aromatic carbocycles. The van der Waals surface area contributed by atoms with Crippen molar-refractivity contribution in [3.63, 3.8) is 0 Å². The maximum atomic E-state index is 6.11. The molecule has 7 nitrogen and oxygen atoms in total. The van der Waals surface area contributed by atoms with Gasteiger partial charge in [-0.15, -0.1) is 20.4 Å². The Morgan fingerprint density at radius 2 is 2.13 bits per heavy atom. The van der Waals surface area contributed by atoms with Crippen molar-refractivity contribution in [3.05, 3.63) is 47.3 Å². The molecule has 2 N–H and O–H groups in total. The largest absolute Gasteiger partial charge is 0.322 e. The first-order valence-electron chi connectivity index (χ1n) is 6.98. The highest BCUT2D eigenvalue weighted by Crippen LogP contribution is 2.27. The molecule has 2 heterocycles. The number of aryl methyl sites for hydroxylation is 1. The van der Waals surface area contributed by atoms with E-state index < -0.39 is 0 Å². The fraction of sp³-hybridized carbons (Fsp3) is 0.286. The second kappa shape index (κ2) is 6.69. The predicted molar refractivity (Wildman–Crippen MR) is 89.5 cm³/mol. The zero-order chi connectivity index (χ0) is 16.4. The van der Waals surface area contributed by atoms with E-state index in [0.29, 0.717) is 16.6 Å². The molecule has 3 aromatic rings. The Kier molecular flexibility index (Phi) is 4.65. The summed E-state index contributed by atoms with van der Waals surface area (Å²) < 4.78 is 3.80.